The fraction of sp³-hybridized carbons (Fsp3) is 0. The van der Waals surface area contributed by atoms with Crippen LogP contribution in [-0.4, -0.2) is 21.9 Å². The molecule has 0 unspecified atom stereocenters. The summed E-state index contributed by atoms with van der Waals surface area (Å²) >= 11 is 16.7. The lowest BCUT2D eigenvalue weighted by atomic mass is 10.1. The summed E-state index contributed by atoms with van der Waals surface area (Å²) in [6.07, 6.45) is 1.14. The van der Waals surface area contributed by atoms with Crippen LogP contribution in [0.1, 0.15) is 5.56 Å². The Morgan fingerprint density at radius 2 is 1.70 bits per heavy atom. The van der Waals surface area contributed by atoms with Gasteiger partial charge in [-0.2, -0.15) is 0 Å². The molecule has 0 radical (unpaired) electrons. The highest BCUT2D eigenvalue weighted by atomic mass is 35.5. The third-order valence-corrected chi connectivity index (χ3v) is 4.45. The smallest absolute Gasteiger partial charge is 0.278 e. The van der Waals surface area contributed by atoms with E-state index in [2.05, 4.69) is 5.32 Å². The summed E-state index contributed by atoms with van der Waals surface area (Å²) in [6.45, 7) is 0. The second kappa shape index (κ2) is 7.43. The van der Waals surface area contributed by atoms with Crippen molar-refractivity contribution in [1.29, 1.82) is 0 Å². The molecule has 1 aliphatic heterocycles. The molecule has 1 fully saturated rings. The predicted molar refractivity (Wildman–Crippen MR) is 106 cm³/mol. The van der Waals surface area contributed by atoms with Crippen LogP contribution in [-0.2, 0) is 9.59 Å². The largest absolute Gasteiger partial charge is 0.298 e. The second-order valence-corrected chi connectivity index (χ2v) is 6.65. The van der Waals surface area contributed by atoms with Crippen molar-refractivity contribution in [2.75, 3.05) is 4.90 Å². The third kappa shape index (κ3) is 3.82. The van der Waals surface area contributed by atoms with Crippen molar-refractivity contribution in [2.24, 2.45) is 0 Å². The van der Waals surface area contributed by atoms with Gasteiger partial charge < -0.3 is 0 Å². The number of benzene rings is 2. The number of hydrogen-bond donors (Lipinski definition) is 1. The van der Waals surface area contributed by atoms with Crippen molar-refractivity contribution < 1.29 is 14.5 Å². The van der Waals surface area contributed by atoms with Gasteiger partial charge in [-0.1, -0.05) is 23.2 Å². The molecule has 0 aliphatic carbocycles. The van der Waals surface area contributed by atoms with Crippen molar-refractivity contribution in [3.05, 3.63) is 73.8 Å². The molecule has 2 aromatic rings. The van der Waals surface area contributed by atoms with E-state index in [0.29, 0.717) is 10.7 Å². The van der Waals surface area contributed by atoms with Gasteiger partial charge in [0.15, 0.2) is 5.11 Å². The molecule has 1 N–H and O–H groups in total. The number of amides is 2. The van der Waals surface area contributed by atoms with Gasteiger partial charge in [0.2, 0.25) is 0 Å². The van der Waals surface area contributed by atoms with E-state index in [4.69, 9.17) is 35.4 Å². The minimum Gasteiger partial charge on any atom is -0.298 e. The molecule has 2 aromatic carbocycles. The summed E-state index contributed by atoms with van der Waals surface area (Å²) in [6, 6.07) is 10.2. The quantitative estimate of drug-likeness (QED) is 0.268. The number of anilines is 1. The topological polar surface area (TPSA) is 92.6 Å². The fourth-order valence-electron chi connectivity index (χ4n) is 2.43. The molecule has 27 heavy (non-hydrogen) atoms. The molecule has 3 rings (SSSR count). The van der Waals surface area contributed by atoms with E-state index in [0.717, 1.165) is 17.0 Å². The summed E-state index contributed by atoms with van der Waals surface area (Å²) < 4.78 is 0. The molecular weight excluding hydrogens is 413 g/mol. The maximum absolute atomic E-state index is 12.9. The molecule has 1 saturated heterocycles. The zero-order valence-electron chi connectivity index (χ0n) is 13.3. The molecule has 1 heterocycles. The Morgan fingerprint density at radius 1 is 1.07 bits per heavy atom. The maximum atomic E-state index is 12.9. The van der Waals surface area contributed by atoms with Crippen LogP contribution in [0.2, 0.25) is 10.0 Å². The van der Waals surface area contributed by atoms with Gasteiger partial charge >= 0.3 is 0 Å². The number of rotatable bonds is 3. The van der Waals surface area contributed by atoms with E-state index in [1.807, 2.05) is 0 Å². The van der Waals surface area contributed by atoms with Gasteiger partial charge in [-0.05, 0) is 54.7 Å². The lowest BCUT2D eigenvalue weighted by Gasteiger charge is -2.28. The number of thiocarbonyl (C=S) groups is 1. The molecule has 7 nitrogen and oxygen atoms in total. The Kier molecular flexibility index (Phi) is 5.22. The van der Waals surface area contributed by atoms with Crippen LogP contribution in [0, 0.1) is 10.1 Å². The maximum Gasteiger partial charge on any atom is 0.278 e. The lowest BCUT2D eigenvalue weighted by molar-refractivity contribution is -0.385. The molecule has 0 aromatic heterocycles. The van der Waals surface area contributed by atoms with E-state index in [-0.39, 0.29) is 27.0 Å². The molecule has 0 atom stereocenters. The Balaban J connectivity index is 2.07. The van der Waals surface area contributed by atoms with E-state index in [9.17, 15) is 19.7 Å². The minimum atomic E-state index is -0.750. The van der Waals surface area contributed by atoms with Gasteiger partial charge in [-0.25, -0.2) is 0 Å². The average molecular weight is 422 g/mol. The summed E-state index contributed by atoms with van der Waals surface area (Å²) in [4.78, 5) is 36.8. The van der Waals surface area contributed by atoms with E-state index >= 15 is 0 Å². The van der Waals surface area contributed by atoms with E-state index < -0.39 is 16.7 Å². The zero-order valence-corrected chi connectivity index (χ0v) is 15.6. The Morgan fingerprint density at radius 3 is 2.33 bits per heavy atom. The highest BCUT2D eigenvalue weighted by Gasteiger charge is 2.35. The van der Waals surface area contributed by atoms with Crippen molar-refractivity contribution in [2.45, 2.75) is 0 Å². The zero-order chi connectivity index (χ0) is 19.7. The first-order valence-electron chi connectivity index (χ1n) is 7.39. The van der Waals surface area contributed by atoms with Crippen molar-refractivity contribution in [1.82, 2.24) is 5.32 Å². The van der Waals surface area contributed by atoms with Crippen molar-refractivity contribution in [3.63, 3.8) is 0 Å². The third-order valence-electron chi connectivity index (χ3n) is 3.68. The van der Waals surface area contributed by atoms with Gasteiger partial charge in [0.1, 0.15) is 5.57 Å². The lowest BCUT2D eigenvalue weighted by Crippen LogP contribution is -2.54. The Hall–Kier alpha value is -2.81. The van der Waals surface area contributed by atoms with Crippen LogP contribution in [0.5, 0.6) is 0 Å². The van der Waals surface area contributed by atoms with Crippen LogP contribution in [0.3, 0.4) is 0 Å². The van der Waals surface area contributed by atoms with Gasteiger partial charge in [0.25, 0.3) is 17.5 Å². The molecular formula is C17H9Cl2N3O4S. The van der Waals surface area contributed by atoms with Gasteiger partial charge in [0.05, 0.1) is 16.2 Å². The molecule has 1 aliphatic rings. The van der Waals surface area contributed by atoms with Crippen LogP contribution in [0.25, 0.3) is 6.08 Å². The fourth-order valence-corrected chi connectivity index (χ4v) is 3.01. The number of nitro benzene ring substituents is 1. The van der Waals surface area contributed by atoms with Crippen molar-refractivity contribution in [3.8, 4) is 0 Å². The molecule has 0 spiro atoms. The highest BCUT2D eigenvalue weighted by molar-refractivity contribution is 7.80. The van der Waals surface area contributed by atoms with Gasteiger partial charge in [0, 0.05) is 16.1 Å². The van der Waals surface area contributed by atoms with Crippen molar-refractivity contribution >= 4 is 69.8 Å². The standard InChI is InChI=1S/C17H9Cl2N3O4S/c18-10-3-5-12(6-4-10)21-16(24)13(15(23)20-17(21)27)7-9-1-2-11(19)8-14(9)22(25)26/h1-8H,(H,20,23,27). The molecule has 2 amide bonds. The molecule has 10 heteroatoms. The second-order valence-electron chi connectivity index (χ2n) is 5.39. The van der Waals surface area contributed by atoms with Gasteiger partial charge in [-0.15, -0.1) is 0 Å². The van der Waals surface area contributed by atoms with Crippen LogP contribution in [0.4, 0.5) is 11.4 Å². The van der Waals surface area contributed by atoms with Crippen LogP contribution in [0.15, 0.2) is 48.0 Å². The highest BCUT2D eigenvalue weighted by Crippen LogP contribution is 2.28. The predicted octanol–water partition coefficient (Wildman–Crippen LogP) is 3.73. The molecule has 0 saturated carbocycles. The van der Waals surface area contributed by atoms with E-state index in [1.165, 1.54) is 12.1 Å². The first-order valence-corrected chi connectivity index (χ1v) is 8.55. The SMILES string of the molecule is O=C1NC(=S)N(c2ccc(Cl)cc2)C(=O)C1=Cc1ccc(Cl)cc1[N+](=O)[O-]. The number of halogens is 2. The number of nitro groups is 1. The van der Waals surface area contributed by atoms with Crippen LogP contribution >= 0.6 is 35.4 Å². The van der Waals surface area contributed by atoms with Gasteiger partial charge in [-0.3, -0.25) is 29.9 Å². The van der Waals surface area contributed by atoms with Crippen LogP contribution < -0.4 is 10.2 Å². The first kappa shape index (κ1) is 19.0. The number of hydrogen-bond acceptors (Lipinski definition) is 5. The normalized spacial score (nSPS) is 15.9. The summed E-state index contributed by atoms with van der Waals surface area (Å²) in [7, 11) is 0. The molecule has 0 bridgehead atoms. The van der Waals surface area contributed by atoms with E-state index in [1.54, 1.807) is 24.3 Å². The summed E-state index contributed by atoms with van der Waals surface area (Å²) in [5.74, 6) is -1.46. The average Bonchev–Trinajstić information content (AvgIpc) is 2.61. The summed E-state index contributed by atoms with van der Waals surface area (Å²) in [5.41, 5.74) is -0.177. The number of nitrogens with one attached hydrogen (secondary N) is 1. The Labute approximate surface area is 168 Å². The number of nitrogens with zero attached hydrogens (tertiary/aromatic N) is 2. The Bertz CT molecular complexity index is 1020. The molecule has 136 valence electrons. The number of carbonyl (C=O) groups excluding carboxylic acids is 2. The summed E-state index contributed by atoms with van der Waals surface area (Å²) in [5, 5.41) is 14.2. The number of carbonyl (C=O) groups is 2. The minimum absolute atomic E-state index is 0.0618. The first-order chi connectivity index (χ1) is 12.8. The monoisotopic (exact) mass is 421 g/mol.